The number of aryl methyl sites for hydroxylation is 8. The number of rotatable bonds is 24. The van der Waals surface area contributed by atoms with Crippen LogP contribution in [0.15, 0.2) is 121 Å². The molecule has 0 unspecified atom stereocenters. The van der Waals surface area contributed by atoms with Crippen molar-refractivity contribution in [3.05, 3.63) is 234 Å². The van der Waals surface area contributed by atoms with Crippen molar-refractivity contribution in [2.75, 3.05) is 56.9 Å². The first-order valence-corrected chi connectivity index (χ1v) is 46.9. The minimum Gasteiger partial charge on any atom is -0.657 e. The summed E-state index contributed by atoms with van der Waals surface area (Å²) in [7, 11) is 10.7. The van der Waals surface area contributed by atoms with Gasteiger partial charge in [-0.3, -0.25) is 38.4 Å². The van der Waals surface area contributed by atoms with Gasteiger partial charge in [0.15, 0.2) is 0 Å². The first-order valence-electron chi connectivity index (χ1n) is 46.9. The molecule has 4 aromatic carbocycles. The molecule has 720 valence electrons. The molecule has 8 aliphatic heterocycles. The van der Waals surface area contributed by atoms with Gasteiger partial charge in [-0.2, -0.15) is 0 Å². The molecular formula is C120H100N8O16Zn2. The maximum absolute atomic E-state index is 13.4. The minimum atomic E-state index is -0.450. The number of carbonyl (C=O) groups excluding carboxylic acids is 8. The minimum absolute atomic E-state index is 0. The molecule has 24 nitrogen and oxygen atoms in total. The van der Waals surface area contributed by atoms with Crippen molar-refractivity contribution < 1.29 is 115 Å². The molecule has 18 rings (SSSR count). The topological polar surface area (TPSA) is 318 Å². The van der Waals surface area contributed by atoms with Gasteiger partial charge in [-0.15, -0.1) is 44.1 Å². The molecule has 0 spiro atoms. The third-order valence-corrected chi connectivity index (χ3v) is 26.3. The molecule has 14 heterocycles. The van der Waals surface area contributed by atoms with Gasteiger partial charge in [0.1, 0.15) is 0 Å². The Morgan fingerprint density at radius 1 is 0.247 bits per heavy atom. The zero-order valence-electron chi connectivity index (χ0n) is 84.4. The molecular weight excluding hydrogens is 1940 g/mol. The molecule has 0 fully saturated rings. The predicted octanol–water partition coefficient (Wildman–Crippen LogP) is 18.4. The molecule has 6 aromatic heterocycles. The SMILES string of the molecule is COC(=O)CCC1=C(C)c2nc1cc1[n-]c(c(C)c1CCC(=O)OC)c1c3nc(cc4[n-]c(c(C)c4CCC(=O)OC)c2-c2cccc(c2)C#CC#CC#CC#Cc2cccc(c2)-c2c4nc(cc5[n-]c(c(C)c5CCC(=O)OC)c(c5nc(cc6[n-]c2c(C)c6CCC(=O)OC)C(CCC(=O)OC)=C5C)-c2cccc(c2)C#CC#CC#CC#Cc2cccc-1c2)C(CCC(=O)OC)=C4C)C(CCC(=O)OC)=C3C.[Zn+2].[Zn+2]. The number of ether oxygens (including phenoxy) is 8. The Hall–Kier alpha value is -16.4. The summed E-state index contributed by atoms with van der Waals surface area (Å²) < 4.78 is 42.3. The fourth-order valence-electron chi connectivity index (χ4n) is 18.6. The Balaban J connectivity index is 0.00000892. The van der Waals surface area contributed by atoms with Gasteiger partial charge in [-0.05, 0) is 315 Å². The zero-order chi connectivity index (χ0) is 102. The third kappa shape index (κ3) is 23.7. The van der Waals surface area contributed by atoms with Crippen LogP contribution in [0.3, 0.4) is 0 Å². The van der Waals surface area contributed by atoms with Crippen LogP contribution >= 0.6 is 0 Å². The van der Waals surface area contributed by atoms with E-state index >= 15 is 0 Å². The summed E-state index contributed by atoms with van der Waals surface area (Å²) in [6.07, 6.45) is 1.32. The summed E-state index contributed by atoms with van der Waals surface area (Å²) in [5.74, 6) is 44.4. The maximum Gasteiger partial charge on any atom is 2.00 e. The largest absolute Gasteiger partial charge is 2.00 e. The molecule has 0 saturated heterocycles. The van der Waals surface area contributed by atoms with Gasteiger partial charge < -0.3 is 57.8 Å². The van der Waals surface area contributed by atoms with Crippen molar-refractivity contribution in [3.8, 4) is 139 Å². The van der Waals surface area contributed by atoms with Crippen LogP contribution in [0.25, 0.3) is 133 Å². The summed E-state index contributed by atoms with van der Waals surface area (Å²) in [4.78, 5) is 152. The molecule has 10 aromatic rings. The van der Waals surface area contributed by atoms with Crippen molar-refractivity contribution in [2.45, 2.75) is 158 Å². The van der Waals surface area contributed by atoms with E-state index in [1.807, 2.05) is 177 Å². The van der Waals surface area contributed by atoms with Crippen molar-refractivity contribution in [2.24, 2.45) is 0 Å². The Kier molecular flexibility index (Phi) is 35.5. The summed E-state index contributed by atoms with van der Waals surface area (Å²) in [6.45, 7) is 15.6. The Bertz CT molecular complexity index is 7270. The summed E-state index contributed by atoms with van der Waals surface area (Å²) in [5, 5.41) is 0. The molecule has 8 aliphatic rings. The number of carbonyl (C=O) groups is 8. The van der Waals surface area contributed by atoms with E-state index < -0.39 is 47.8 Å². The van der Waals surface area contributed by atoms with E-state index in [0.717, 1.165) is 0 Å². The number of nitrogens with zero attached hydrogens (tertiary/aromatic N) is 8. The molecule has 0 atom stereocenters. The number of esters is 8. The fraction of sp³-hybridized carbons (Fsp3) is 0.267. The van der Waals surface area contributed by atoms with Crippen molar-refractivity contribution in [1.29, 1.82) is 0 Å². The number of aromatic nitrogens is 8. The first kappa shape index (κ1) is 107. The normalized spacial score (nSPS) is 12.0. The standard InChI is InChI=1S/C120H100N8O16.2Zn/c1-69-85(45-53-101(129)137-9)93-65-94-87(47-55-103(131)139-11)71(3)115(123-94)110-82-42-30-38-78(62-82)34-27-23-19-20-24-28-36-80-40-32-44-84(64-80)112-119-75(7)91(51-59-107(135)143-15)99(127-119)67-97-89(49-57-105(133)141-13)73(5)117(125-97)111(118-74(6)90(50-58-106(134)142-14)98(126-118)68-100-92(52-60-108(136)144-16)76(8)120(112)128-100)83-43-31-39-79(63-83)35-26-22-18-17-21-25-33-77-37-29-41-81(61-77)109(113(69)121-93)114-70(2)86(46-54-102(130)138-10)95(122-114)66-96-88(48-56-104(132)140-12)72(4)116(110)124-96;;/h29-32,37-44,61-68H,45-60H2,1-16H3;;/q-4;2*+2. The molecule has 0 N–H and O–H groups in total. The monoisotopic (exact) mass is 2040 g/mol. The maximum atomic E-state index is 13.4. The van der Waals surface area contributed by atoms with Crippen LogP contribution in [-0.4, -0.2) is 125 Å². The van der Waals surface area contributed by atoms with E-state index in [4.69, 9.17) is 77.8 Å². The van der Waals surface area contributed by atoms with Crippen LogP contribution in [0.4, 0.5) is 0 Å². The van der Waals surface area contributed by atoms with E-state index in [9.17, 15) is 38.4 Å². The second kappa shape index (κ2) is 48.6. The second-order valence-electron chi connectivity index (χ2n) is 34.6. The van der Waals surface area contributed by atoms with Gasteiger partial charge in [-0.1, -0.05) is 141 Å². The van der Waals surface area contributed by atoms with E-state index in [1.54, 1.807) is 0 Å². The van der Waals surface area contributed by atoms with Crippen LogP contribution in [0.1, 0.15) is 217 Å². The Labute approximate surface area is 873 Å². The predicted molar refractivity (Wildman–Crippen MR) is 553 cm³/mol. The van der Waals surface area contributed by atoms with Crippen LogP contribution in [0.2, 0.25) is 0 Å². The fourth-order valence-corrected chi connectivity index (χ4v) is 18.6. The second-order valence-corrected chi connectivity index (χ2v) is 34.6. The van der Waals surface area contributed by atoms with Crippen LogP contribution in [0.5, 0.6) is 0 Å². The van der Waals surface area contributed by atoms with Crippen molar-refractivity contribution in [1.82, 2.24) is 39.9 Å². The first-order chi connectivity index (χ1) is 69.7. The van der Waals surface area contributed by atoms with E-state index in [1.165, 1.54) is 56.9 Å². The van der Waals surface area contributed by atoms with Crippen LogP contribution in [-0.2, 0) is 141 Å². The average Bonchev–Trinajstić information content (AvgIpc) is 1.59. The number of hydrogen-bond acceptors (Lipinski definition) is 20. The van der Waals surface area contributed by atoms with Gasteiger partial charge in [0.05, 0.1) is 102 Å². The van der Waals surface area contributed by atoms with E-state index in [2.05, 4.69) is 94.7 Å². The molecule has 0 radical (unpaired) electrons. The Morgan fingerprint density at radius 2 is 0.425 bits per heavy atom. The van der Waals surface area contributed by atoms with Crippen LogP contribution in [0, 0.1) is 122 Å². The summed E-state index contributed by atoms with van der Waals surface area (Å²) in [5.41, 5.74) is 26.3. The van der Waals surface area contributed by atoms with E-state index in [0.29, 0.717) is 246 Å². The molecule has 0 aliphatic carbocycles. The van der Waals surface area contributed by atoms with Gasteiger partial charge in [-0.25, -0.2) is 19.9 Å². The molecule has 28 bridgehead atoms. The number of hydrogen-bond donors (Lipinski definition) is 0. The quantitative estimate of drug-likeness (QED) is 0.0235. The number of methoxy groups -OCH3 is 8. The van der Waals surface area contributed by atoms with E-state index in [-0.39, 0.29) is 142 Å². The van der Waals surface area contributed by atoms with Crippen LogP contribution < -0.4 is 19.9 Å². The Morgan fingerprint density at radius 3 is 0.610 bits per heavy atom. The number of allylic oxidation sites excluding steroid dienone is 8. The van der Waals surface area contributed by atoms with Gasteiger partial charge in [0.2, 0.25) is 0 Å². The van der Waals surface area contributed by atoms with Gasteiger partial charge in [0, 0.05) is 73.6 Å². The molecule has 26 heteroatoms. The molecule has 146 heavy (non-hydrogen) atoms. The summed E-state index contributed by atoms with van der Waals surface area (Å²) >= 11 is 0. The average molecular weight is 2040 g/mol. The van der Waals surface area contributed by atoms with Gasteiger partial charge in [0.25, 0.3) is 0 Å². The third-order valence-electron chi connectivity index (χ3n) is 26.3. The zero-order valence-corrected chi connectivity index (χ0v) is 90.3. The summed E-state index contributed by atoms with van der Waals surface area (Å²) in [6, 6.07) is 37.8. The van der Waals surface area contributed by atoms with Crippen molar-refractivity contribution >= 4 is 136 Å². The smallest absolute Gasteiger partial charge is 0.657 e. The number of benzene rings is 4. The van der Waals surface area contributed by atoms with Gasteiger partial charge >= 0.3 is 86.7 Å². The molecule has 0 amide bonds. The molecule has 0 saturated carbocycles. The van der Waals surface area contributed by atoms with Crippen molar-refractivity contribution in [3.63, 3.8) is 0 Å².